The molecule has 2 heterocycles. The van der Waals surface area contributed by atoms with E-state index in [-0.39, 0.29) is 23.2 Å². The van der Waals surface area contributed by atoms with Gasteiger partial charge in [0.1, 0.15) is 5.82 Å². The van der Waals surface area contributed by atoms with Crippen LogP contribution in [0.2, 0.25) is 5.28 Å². The number of aliphatic hydroxyl groups excluding tert-OH is 1. The van der Waals surface area contributed by atoms with Crippen LogP contribution < -0.4 is 0 Å². The standard InChI is InChI=1S/C16H25ClN4O2/c1-12(2)6-8-16(11-22)7-3-9-21(10-16)14(23)5-4-13-18-15(17)20-19-13/h6,22H,3-5,7-11H2,1-2H3,(H,18,19,20)/t16-/m0/s1. The Morgan fingerprint density at radius 1 is 1.52 bits per heavy atom. The molecular weight excluding hydrogens is 316 g/mol. The molecule has 1 amide bonds. The van der Waals surface area contributed by atoms with E-state index in [0.29, 0.717) is 25.2 Å². The molecule has 128 valence electrons. The van der Waals surface area contributed by atoms with Gasteiger partial charge >= 0.3 is 0 Å². The number of nitrogens with zero attached hydrogens (tertiary/aromatic N) is 3. The Morgan fingerprint density at radius 3 is 2.91 bits per heavy atom. The number of aromatic nitrogens is 3. The Labute approximate surface area is 141 Å². The van der Waals surface area contributed by atoms with Crippen molar-refractivity contribution >= 4 is 17.5 Å². The van der Waals surface area contributed by atoms with Gasteiger partial charge in [0.25, 0.3) is 0 Å². The minimum Gasteiger partial charge on any atom is -0.396 e. The predicted molar refractivity (Wildman–Crippen MR) is 89.1 cm³/mol. The smallest absolute Gasteiger partial charge is 0.242 e. The molecule has 1 aromatic rings. The summed E-state index contributed by atoms with van der Waals surface area (Å²) >= 11 is 5.66. The number of aromatic amines is 1. The quantitative estimate of drug-likeness (QED) is 0.779. The topological polar surface area (TPSA) is 82.1 Å². The molecule has 0 spiro atoms. The minimum atomic E-state index is -0.208. The monoisotopic (exact) mass is 340 g/mol. The highest BCUT2D eigenvalue weighted by molar-refractivity contribution is 6.28. The molecule has 0 bridgehead atoms. The summed E-state index contributed by atoms with van der Waals surface area (Å²) < 4.78 is 0. The second kappa shape index (κ2) is 7.93. The number of carbonyl (C=O) groups excluding carboxylic acids is 1. The van der Waals surface area contributed by atoms with Crippen molar-refractivity contribution in [2.24, 2.45) is 5.41 Å². The zero-order chi connectivity index (χ0) is 16.9. The first kappa shape index (κ1) is 17.9. The van der Waals surface area contributed by atoms with Crippen LogP contribution in [0, 0.1) is 5.41 Å². The number of likely N-dealkylation sites (tertiary alicyclic amines) is 1. The van der Waals surface area contributed by atoms with Crippen molar-refractivity contribution in [1.82, 2.24) is 20.1 Å². The fourth-order valence-corrected chi connectivity index (χ4v) is 3.11. The number of carbonyl (C=O) groups is 1. The summed E-state index contributed by atoms with van der Waals surface area (Å²) in [7, 11) is 0. The number of aryl methyl sites for hydroxylation is 1. The minimum absolute atomic E-state index is 0.0900. The molecule has 1 aliphatic rings. The number of nitrogens with one attached hydrogen (secondary N) is 1. The average Bonchev–Trinajstić information content (AvgIpc) is 2.96. The number of piperidine rings is 1. The largest absolute Gasteiger partial charge is 0.396 e. The second-order valence-electron chi connectivity index (χ2n) is 6.61. The Kier molecular flexibility index (Phi) is 6.18. The zero-order valence-electron chi connectivity index (χ0n) is 13.8. The van der Waals surface area contributed by atoms with Crippen molar-refractivity contribution in [3.05, 3.63) is 22.8 Å². The maximum absolute atomic E-state index is 12.5. The van der Waals surface area contributed by atoms with Gasteiger partial charge in [0.15, 0.2) is 0 Å². The molecule has 2 rings (SSSR count). The summed E-state index contributed by atoms with van der Waals surface area (Å²) in [5.74, 6) is 0.713. The summed E-state index contributed by atoms with van der Waals surface area (Å²) in [4.78, 5) is 18.3. The lowest BCUT2D eigenvalue weighted by atomic mass is 9.77. The SMILES string of the molecule is CC(C)=CC[C@@]1(CO)CCCN(C(=O)CCc2nc(Cl)n[nH]2)C1. The lowest BCUT2D eigenvalue weighted by Gasteiger charge is -2.41. The third kappa shape index (κ3) is 5.04. The predicted octanol–water partition coefficient (Wildman–Crippen LogP) is 2.35. The Morgan fingerprint density at radius 2 is 2.30 bits per heavy atom. The van der Waals surface area contributed by atoms with Gasteiger partial charge in [-0.25, -0.2) is 4.98 Å². The molecule has 0 aliphatic carbocycles. The summed E-state index contributed by atoms with van der Waals surface area (Å²) in [5, 5.41) is 16.5. The van der Waals surface area contributed by atoms with E-state index >= 15 is 0 Å². The van der Waals surface area contributed by atoms with Gasteiger partial charge in [-0.1, -0.05) is 11.6 Å². The van der Waals surface area contributed by atoms with Crippen molar-refractivity contribution in [2.75, 3.05) is 19.7 Å². The first-order valence-electron chi connectivity index (χ1n) is 8.03. The number of rotatable bonds is 6. The molecular formula is C16H25ClN4O2. The molecule has 0 aromatic carbocycles. The lowest BCUT2D eigenvalue weighted by Crippen LogP contribution is -2.47. The van der Waals surface area contributed by atoms with Gasteiger partial charge in [-0.3, -0.25) is 9.89 Å². The summed E-state index contributed by atoms with van der Waals surface area (Å²) in [5.41, 5.74) is 1.03. The van der Waals surface area contributed by atoms with Crippen molar-refractivity contribution in [1.29, 1.82) is 0 Å². The maximum Gasteiger partial charge on any atom is 0.242 e. The van der Waals surface area contributed by atoms with Gasteiger partial charge in [-0.15, -0.1) is 5.10 Å². The molecule has 1 aliphatic heterocycles. The third-order valence-electron chi connectivity index (χ3n) is 4.37. The first-order valence-corrected chi connectivity index (χ1v) is 8.41. The van der Waals surface area contributed by atoms with Crippen LogP contribution in [-0.2, 0) is 11.2 Å². The highest BCUT2D eigenvalue weighted by Gasteiger charge is 2.35. The average molecular weight is 341 g/mol. The molecule has 1 atom stereocenters. The Balaban J connectivity index is 1.93. The fraction of sp³-hybridized carbons (Fsp3) is 0.688. The molecule has 2 N–H and O–H groups in total. The van der Waals surface area contributed by atoms with Crippen LogP contribution in [0.4, 0.5) is 0 Å². The van der Waals surface area contributed by atoms with E-state index in [2.05, 4.69) is 35.1 Å². The molecule has 1 fully saturated rings. The Hall–Kier alpha value is -1.40. The van der Waals surface area contributed by atoms with Crippen molar-refractivity contribution in [3.8, 4) is 0 Å². The molecule has 0 radical (unpaired) electrons. The molecule has 0 saturated carbocycles. The van der Waals surface area contributed by atoms with Crippen molar-refractivity contribution in [2.45, 2.75) is 46.0 Å². The second-order valence-corrected chi connectivity index (χ2v) is 6.95. The number of H-pyrrole nitrogens is 1. The van der Waals surface area contributed by atoms with E-state index in [1.54, 1.807) is 0 Å². The van der Waals surface area contributed by atoms with E-state index < -0.39 is 0 Å². The normalized spacial score (nSPS) is 21.3. The van der Waals surface area contributed by atoms with Crippen molar-refractivity contribution < 1.29 is 9.90 Å². The van der Waals surface area contributed by atoms with Gasteiger partial charge in [0.05, 0.1) is 6.61 Å². The van der Waals surface area contributed by atoms with E-state index in [1.165, 1.54) is 5.57 Å². The fourth-order valence-electron chi connectivity index (χ4n) is 2.97. The van der Waals surface area contributed by atoms with E-state index in [9.17, 15) is 9.90 Å². The number of hydrogen-bond donors (Lipinski definition) is 2. The van der Waals surface area contributed by atoms with Gasteiger partial charge in [-0.05, 0) is 44.7 Å². The number of amides is 1. The van der Waals surface area contributed by atoms with Crippen LogP contribution in [0.3, 0.4) is 0 Å². The van der Waals surface area contributed by atoms with E-state index in [4.69, 9.17) is 11.6 Å². The van der Waals surface area contributed by atoms with Gasteiger partial charge in [0, 0.05) is 31.3 Å². The molecule has 23 heavy (non-hydrogen) atoms. The van der Waals surface area contributed by atoms with E-state index in [1.807, 2.05) is 4.90 Å². The molecule has 0 unspecified atom stereocenters. The first-order chi connectivity index (χ1) is 10.9. The third-order valence-corrected chi connectivity index (χ3v) is 4.54. The lowest BCUT2D eigenvalue weighted by molar-refractivity contribution is -0.135. The molecule has 1 aromatic heterocycles. The summed E-state index contributed by atoms with van der Waals surface area (Å²) in [6, 6.07) is 0. The molecule has 1 saturated heterocycles. The highest BCUT2D eigenvalue weighted by atomic mass is 35.5. The van der Waals surface area contributed by atoms with Crippen LogP contribution in [-0.4, -0.2) is 50.8 Å². The Bertz CT molecular complexity index is 568. The molecule has 7 heteroatoms. The van der Waals surface area contributed by atoms with Crippen LogP contribution in [0.5, 0.6) is 0 Å². The van der Waals surface area contributed by atoms with E-state index in [0.717, 1.165) is 25.8 Å². The van der Waals surface area contributed by atoms with Gasteiger partial charge < -0.3 is 10.0 Å². The summed E-state index contributed by atoms with van der Waals surface area (Å²) in [6.45, 7) is 5.59. The molecule has 6 nitrogen and oxygen atoms in total. The van der Waals surface area contributed by atoms with Crippen LogP contribution in [0.25, 0.3) is 0 Å². The van der Waals surface area contributed by atoms with Crippen LogP contribution >= 0.6 is 11.6 Å². The number of allylic oxidation sites excluding steroid dienone is 2. The number of aliphatic hydroxyl groups is 1. The number of halogens is 1. The van der Waals surface area contributed by atoms with Crippen LogP contribution in [0.1, 0.15) is 45.4 Å². The van der Waals surface area contributed by atoms with Gasteiger partial charge in [0.2, 0.25) is 11.2 Å². The van der Waals surface area contributed by atoms with Crippen molar-refractivity contribution in [3.63, 3.8) is 0 Å². The number of hydrogen-bond acceptors (Lipinski definition) is 4. The van der Waals surface area contributed by atoms with Crippen LogP contribution in [0.15, 0.2) is 11.6 Å². The van der Waals surface area contributed by atoms with Gasteiger partial charge in [-0.2, -0.15) is 0 Å². The maximum atomic E-state index is 12.5. The highest BCUT2D eigenvalue weighted by Crippen LogP contribution is 2.34. The zero-order valence-corrected chi connectivity index (χ0v) is 14.6. The summed E-state index contributed by atoms with van der Waals surface area (Å²) in [6.07, 6.45) is 5.71.